The van der Waals surface area contributed by atoms with E-state index in [2.05, 4.69) is 5.32 Å². The maximum Gasteiger partial charge on any atom is 0.416 e. The minimum atomic E-state index is -4.26. The van der Waals surface area contributed by atoms with Gasteiger partial charge in [0.25, 0.3) is 0 Å². The van der Waals surface area contributed by atoms with Crippen molar-refractivity contribution in [1.29, 1.82) is 0 Å². The quantitative estimate of drug-likeness (QED) is 0.877. The van der Waals surface area contributed by atoms with Gasteiger partial charge < -0.3 is 10.2 Å². The van der Waals surface area contributed by atoms with Crippen molar-refractivity contribution in [2.75, 3.05) is 25.0 Å². The standard InChI is InChI=1S/C13H17F3N2/c1-17-11-5-7-18(8-6-11)12-4-2-3-10(9-12)13(14,15)16/h2-4,9,11,17H,5-8H2,1H3. The molecule has 0 aromatic heterocycles. The summed E-state index contributed by atoms with van der Waals surface area (Å²) in [6, 6.07) is 6.05. The van der Waals surface area contributed by atoms with Crippen molar-refractivity contribution in [1.82, 2.24) is 5.32 Å². The van der Waals surface area contributed by atoms with Crippen molar-refractivity contribution >= 4 is 5.69 Å². The molecule has 5 heteroatoms. The number of benzene rings is 1. The lowest BCUT2D eigenvalue weighted by atomic mass is 10.0. The van der Waals surface area contributed by atoms with Crippen molar-refractivity contribution < 1.29 is 13.2 Å². The molecule has 0 bridgehead atoms. The van der Waals surface area contributed by atoms with Gasteiger partial charge in [-0.05, 0) is 38.1 Å². The van der Waals surface area contributed by atoms with Gasteiger partial charge in [0, 0.05) is 24.8 Å². The Morgan fingerprint density at radius 1 is 1.22 bits per heavy atom. The number of halogens is 3. The Hall–Kier alpha value is -1.23. The number of piperidine rings is 1. The Balaban J connectivity index is 2.10. The highest BCUT2D eigenvalue weighted by Gasteiger charge is 2.31. The second-order valence-corrected chi connectivity index (χ2v) is 4.60. The molecular weight excluding hydrogens is 241 g/mol. The van der Waals surface area contributed by atoms with Gasteiger partial charge in [0.2, 0.25) is 0 Å². The van der Waals surface area contributed by atoms with Crippen molar-refractivity contribution in [2.45, 2.75) is 25.1 Å². The van der Waals surface area contributed by atoms with Gasteiger partial charge in [-0.1, -0.05) is 6.07 Å². The van der Waals surface area contributed by atoms with Crippen LogP contribution in [-0.4, -0.2) is 26.2 Å². The second-order valence-electron chi connectivity index (χ2n) is 4.60. The predicted octanol–water partition coefficient (Wildman–Crippen LogP) is 2.89. The lowest BCUT2D eigenvalue weighted by Crippen LogP contribution is -2.41. The molecule has 1 N–H and O–H groups in total. The van der Waals surface area contributed by atoms with Crippen LogP contribution in [0.2, 0.25) is 0 Å². The monoisotopic (exact) mass is 258 g/mol. The van der Waals surface area contributed by atoms with Crippen LogP contribution in [0.5, 0.6) is 0 Å². The van der Waals surface area contributed by atoms with Crippen molar-refractivity contribution in [2.24, 2.45) is 0 Å². The highest BCUT2D eigenvalue weighted by molar-refractivity contribution is 5.49. The van der Waals surface area contributed by atoms with Crippen molar-refractivity contribution in [3.8, 4) is 0 Å². The number of hydrogen-bond donors (Lipinski definition) is 1. The molecule has 1 heterocycles. The summed E-state index contributed by atoms with van der Waals surface area (Å²) >= 11 is 0. The van der Waals surface area contributed by atoms with Gasteiger partial charge in [-0.3, -0.25) is 0 Å². The first-order valence-electron chi connectivity index (χ1n) is 6.10. The van der Waals surface area contributed by atoms with E-state index >= 15 is 0 Å². The number of hydrogen-bond acceptors (Lipinski definition) is 2. The van der Waals surface area contributed by atoms with E-state index in [9.17, 15) is 13.2 Å². The lowest BCUT2D eigenvalue weighted by Gasteiger charge is -2.33. The second kappa shape index (κ2) is 5.18. The highest BCUT2D eigenvalue weighted by Crippen LogP contribution is 2.32. The fourth-order valence-corrected chi connectivity index (χ4v) is 2.31. The summed E-state index contributed by atoms with van der Waals surface area (Å²) in [6.07, 6.45) is -2.33. The van der Waals surface area contributed by atoms with Crippen LogP contribution in [0, 0.1) is 0 Å². The summed E-state index contributed by atoms with van der Waals surface area (Å²) in [4.78, 5) is 2.02. The molecule has 18 heavy (non-hydrogen) atoms. The zero-order valence-electron chi connectivity index (χ0n) is 10.3. The third kappa shape index (κ3) is 2.96. The van der Waals surface area contributed by atoms with Gasteiger partial charge in [0.1, 0.15) is 0 Å². The first kappa shape index (κ1) is 13.2. The van der Waals surface area contributed by atoms with Crippen LogP contribution in [0.15, 0.2) is 24.3 Å². The molecule has 0 radical (unpaired) electrons. The highest BCUT2D eigenvalue weighted by atomic mass is 19.4. The lowest BCUT2D eigenvalue weighted by molar-refractivity contribution is -0.137. The summed E-state index contributed by atoms with van der Waals surface area (Å²) in [5.41, 5.74) is 0.0927. The maximum absolute atomic E-state index is 12.6. The third-order valence-corrected chi connectivity index (χ3v) is 3.44. The summed E-state index contributed by atoms with van der Waals surface area (Å²) in [5.74, 6) is 0. The fourth-order valence-electron chi connectivity index (χ4n) is 2.31. The van der Waals surface area contributed by atoms with Gasteiger partial charge in [0.05, 0.1) is 5.56 Å². The number of rotatable bonds is 2. The van der Waals surface area contributed by atoms with Crippen LogP contribution >= 0.6 is 0 Å². The average molecular weight is 258 g/mol. The van der Waals surface area contributed by atoms with Crippen LogP contribution in [0.1, 0.15) is 18.4 Å². The first-order chi connectivity index (χ1) is 8.50. The van der Waals surface area contributed by atoms with Gasteiger partial charge in [0.15, 0.2) is 0 Å². The third-order valence-electron chi connectivity index (χ3n) is 3.44. The predicted molar refractivity (Wildman–Crippen MR) is 65.7 cm³/mol. The molecule has 2 nitrogen and oxygen atoms in total. The van der Waals surface area contributed by atoms with Crippen molar-refractivity contribution in [3.05, 3.63) is 29.8 Å². The molecule has 0 aliphatic carbocycles. The number of alkyl halides is 3. The van der Waals surface area contributed by atoms with Crippen LogP contribution in [0.4, 0.5) is 18.9 Å². The molecule has 0 spiro atoms. The molecule has 0 atom stereocenters. The topological polar surface area (TPSA) is 15.3 Å². The molecular formula is C13H17F3N2. The Morgan fingerprint density at radius 2 is 1.89 bits per heavy atom. The minimum absolute atomic E-state index is 0.479. The van der Waals surface area contributed by atoms with Gasteiger partial charge in [-0.25, -0.2) is 0 Å². The Kier molecular flexibility index (Phi) is 3.80. The van der Waals surface area contributed by atoms with E-state index in [4.69, 9.17) is 0 Å². The van der Waals surface area contributed by atoms with Crippen LogP contribution in [-0.2, 0) is 6.18 Å². The number of nitrogens with zero attached hydrogens (tertiary/aromatic N) is 1. The molecule has 1 fully saturated rings. The van der Waals surface area contributed by atoms with Gasteiger partial charge in [-0.2, -0.15) is 13.2 Å². The molecule has 100 valence electrons. The molecule has 0 amide bonds. The summed E-state index contributed by atoms with van der Waals surface area (Å²) in [6.45, 7) is 1.60. The molecule has 1 aliphatic heterocycles. The average Bonchev–Trinajstić information content (AvgIpc) is 2.38. The van der Waals surface area contributed by atoms with Crippen LogP contribution in [0.25, 0.3) is 0 Å². The molecule has 1 aromatic carbocycles. The van der Waals surface area contributed by atoms with E-state index in [1.807, 2.05) is 11.9 Å². The summed E-state index contributed by atoms with van der Waals surface area (Å²) in [5, 5.41) is 3.20. The summed E-state index contributed by atoms with van der Waals surface area (Å²) < 4.78 is 37.9. The van der Waals surface area contributed by atoms with Gasteiger partial charge >= 0.3 is 6.18 Å². The molecule has 0 unspecified atom stereocenters. The Morgan fingerprint density at radius 3 is 2.44 bits per heavy atom. The van der Waals surface area contributed by atoms with E-state index in [-0.39, 0.29) is 0 Å². The molecule has 1 saturated heterocycles. The zero-order valence-corrected chi connectivity index (χ0v) is 10.3. The van der Waals surface area contributed by atoms with E-state index in [0.29, 0.717) is 11.7 Å². The van der Waals surface area contributed by atoms with Crippen LogP contribution in [0.3, 0.4) is 0 Å². The number of anilines is 1. The fraction of sp³-hybridized carbons (Fsp3) is 0.538. The molecule has 0 saturated carbocycles. The van der Waals surface area contributed by atoms with Crippen molar-refractivity contribution in [3.63, 3.8) is 0 Å². The largest absolute Gasteiger partial charge is 0.416 e. The van der Waals surface area contributed by atoms with Crippen LogP contribution < -0.4 is 10.2 Å². The zero-order chi connectivity index (χ0) is 13.2. The first-order valence-corrected chi connectivity index (χ1v) is 6.10. The van der Waals surface area contributed by atoms with E-state index in [1.54, 1.807) is 6.07 Å². The Bertz CT molecular complexity index is 395. The molecule has 1 aromatic rings. The molecule has 2 rings (SSSR count). The number of nitrogens with one attached hydrogen (secondary N) is 1. The SMILES string of the molecule is CNC1CCN(c2cccc(C(F)(F)F)c2)CC1. The maximum atomic E-state index is 12.6. The van der Waals surface area contributed by atoms with E-state index in [0.717, 1.165) is 32.0 Å². The molecule has 1 aliphatic rings. The normalized spacial score (nSPS) is 18.1. The van der Waals surface area contributed by atoms with E-state index in [1.165, 1.54) is 12.1 Å². The smallest absolute Gasteiger partial charge is 0.371 e. The van der Waals surface area contributed by atoms with Gasteiger partial charge in [-0.15, -0.1) is 0 Å². The Labute approximate surface area is 105 Å². The minimum Gasteiger partial charge on any atom is -0.371 e. The van der Waals surface area contributed by atoms with E-state index < -0.39 is 11.7 Å². The summed E-state index contributed by atoms with van der Waals surface area (Å²) in [7, 11) is 1.92.